The smallest absolute Gasteiger partial charge is 0.251 e. The van der Waals surface area contributed by atoms with E-state index in [2.05, 4.69) is 28.2 Å². The lowest BCUT2D eigenvalue weighted by Crippen LogP contribution is -2.26. The fraction of sp³-hybridized carbons (Fsp3) is 0.364. The quantitative estimate of drug-likeness (QED) is 0.881. The van der Waals surface area contributed by atoms with Crippen LogP contribution in [0.4, 0.5) is 4.39 Å². The summed E-state index contributed by atoms with van der Waals surface area (Å²) in [6.45, 7) is 2.08. The minimum atomic E-state index is -0.411. The van der Waals surface area contributed by atoms with Crippen LogP contribution < -0.4 is 5.32 Å². The normalized spacial score (nSPS) is 23.7. The highest BCUT2D eigenvalue weighted by atomic mass is 79.9. The fourth-order valence-corrected chi connectivity index (χ4v) is 1.66. The molecule has 1 fully saturated rings. The van der Waals surface area contributed by atoms with Gasteiger partial charge in [0.2, 0.25) is 0 Å². The lowest BCUT2D eigenvalue weighted by atomic mass is 10.2. The van der Waals surface area contributed by atoms with Gasteiger partial charge in [0, 0.05) is 11.6 Å². The molecule has 1 N–H and O–H groups in total. The molecule has 1 aliphatic carbocycles. The fourth-order valence-electron chi connectivity index (χ4n) is 1.41. The molecular formula is C11H11BrFNO. The molecule has 15 heavy (non-hydrogen) atoms. The predicted molar refractivity (Wildman–Crippen MR) is 59.1 cm³/mol. The Bertz CT molecular complexity index is 408. The Morgan fingerprint density at radius 3 is 2.80 bits per heavy atom. The number of benzene rings is 1. The second kappa shape index (κ2) is 3.93. The average Bonchev–Trinajstić information content (AvgIpc) is 2.86. The van der Waals surface area contributed by atoms with Gasteiger partial charge >= 0.3 is 0 Å². The number of hydrogen-bond acceptors (Lipinski definition) is 1. The number of carbonyl (C=O) groups excluding carboxylic acids is 1. The van der Waals surface area contributed by atoms with Crippen LogP contribution in [0.2, 0.25) is 0 Å². The molecule has 0 saturated heterocycles. The maximum atomic E-state index is 13.1. The van der Waals surface area contributed by atoms with Gasteiger partial charge in [0.25, 0.3) is 5.91 Å². The van der Waals surface area contributed by atoms with Crippen LogP contribution in [-0.4, -0.2) is 11.9 Å². The molecule has 2 rings (SSSR count). The van der Waals surface area contributed by atoms with Crippen molar-refractivity contribution in [3.8, 4) is 0 Å². The number of rotatable bonds is 2. The Hall–Kier alpha value is -0.900. The van der Waals surface area contributed by atoms with Crippen molar-refractivity contribution in [3.63, 3.8) is 0 Å². The van der Waals surface area contributed by atoms with E-state index in [0.717, 1.165) is 6.42 Å². The number of halogens is 2. The molecule has 0 spiro atoms. The maximum absolute atomic E-state index is 13.1. The summed E-state index contributed by atoms with van der Waals surface area (Å²) in [5.74, 6) is -0.0588. The highest BCUT2D eigenvalue weighted by Crippen LogP contribution is 2.29. The Kier molecular flexibility index (Phi) is 2.78. The Balaban J connectivity index is 2.08. The molecule has 1 aromatic rings. The summed E-state index contributed by atoms with van der Waals surface area (Å²) < 4.78 is 13.5. The summed E-state index contributed by atoms with van der Waals surface area (Å²) in [6, 6.07) is 4.66. The molecule has 1 aliphatic rings. The first-order valence-corrected chi connectivity index (χ1v) is 5.63. The van der Waals surface area contributed by atoms with Crippen LogP contribution >= 0.6 is 15.9 Å². The largest absolute Gasteiger partial charge is 0.349 e. The summed E-state index contributed by atoms with van der Waals surface area (Å²) in [5.41, 5.74) is 0.370. The van der Waals surface area contributed by atoms with Crippen molar-refractivity contribution in [2.75, 3.05) is 0 Å². The number of nitrogens with one attached hydrogen (secondary N) is 1. The van der Waals surface area contributed by atoms with Gasteiger partial charge in [-0.15, -0.1) is 0 Å². The molecule has 2 atom stereocenters. The molecule has 1 saturated carbocycles. The summed E-state index contributed by atoms with van der Waals surface area (Å²) in [5, 5.41) is 2.85. The molecule has 0 heterocycles. The first kappa shape index (κ1) is 10.6. The third-order valence-corrected chi connectivity index (χ3v) is 3.25. The first-order chi connectivity index (χ1) is 7.08. The summed E-state index contributed by atoms with van der Waals surface area (Å²) in [4.78, 5) is 11.6. The van der Waals surface area contributed by atoms with Crippen molar-refractivity contribution in [1.29, 1.82) is 0 Å². The van der Waals surface area contributed by atoms with E-state index in [1.54, 1.807) is 12.1 Å². The van der Waals surface area contributed by atoms with E-state index in [9.17, 15) is 9.18 Å². The van der Waals surface area contributed by atoms with Gasteiger partial charge in [-0.2, -0.15) is 0 Å². The van der Waals surface area contributed by atoms with Gasteiger partial charge in [-0.25, -0.2) is 4.39 Å². The van der Waals surface area contributed by atoms with Gasteiger partial charge < -0.3 is 5.32 Å². The SMILES string of the molecule is CC1CC1NC(=O)c1ccc(Br)c(F)c1. The van der Waals surface area contributed by atoms with Crippen molar-refractivity contribution >= 4 is 21.8 Å². The van der Waals surface area contributed by atoms with Crippen LogP contribution in [0, 0.1) is 11.7 Å². The highest BCUT2D eigenvalue weighted by Gasteiger charge is 2.33. The van der Waals surface area contributed by atoms with Crippen molar-refractivity contribution < 1.29 is 9.18 Å². The molecule has 0 bridgehead atoms. The molecule has 2 nitrogen and oxygen atoms in total. The number of carbonyl (C=O) groups is 1. The van der Waals surface area contributed by atoms with Crippen LogP contribution in [0.15, 0.2) is 22.7 Å². The van der Waals surface area contributed by atoms with E-state index in [-0.39, 0.29) is 11.9 Å². The third-order valence-electron chi connectivity index (χ3n) is 2.61. The van der Waals surface area contributed by atoms with Gasteiger partial charge in [-0.05, 0) is 46.5 Å². The molecular weight excluding hydrogens is 261 g/mol. The monoisotopic (exact) mass is 271 g/mol. The molecule has 2 unspecified atom stereocenters. The second-order valence-electron chi connectivity index (χ2n) is 3.92. The summed E-state index contributed by atoms with van der Waals surface area (Å²) >= 11 is 3.04. The van der Waals surface area contributed by atoms with Gasteiger partial charge in [-0.3, -0.25) is 4.79 Å². The maximum Gasteiger partial charge on any atom is 0.251 e. The van der Waals surface area contributed by atoms with Crippen LogP contribution in [-0.2, 0) is 0 Å². The van der Waals surface area contributed by atoms with E-state index in [1.165, 1.54) is 6.07 Å². The van der Waals surface area contributed by atoms with Crippen LogP contribution in [0.3, 0.4) is 0 Å². The zero-order chi connectivity index (χ0) is 11.0. The molecule has 0 radical (unpaired) electrons. The van der Waals surface area contributed by atoms with Crippen molar-refractivity contribution in [1.82, 2.24) is 5.32 Å². The molecule has 4 heteroatoms. The van der Waals surface area contributed by atoms with E-state index >= 15 is 0 Å². The lowest BCUT2D eigenvalue weighted by Gasteiger charge is -2.04. The molecule has 1 aromatic carbocycles. The third kappa shape index (κ3) is 2.37. The predicted octanol–water partition coefficient (Wildman–Crippen LogP) is 2.73. The minimum absolute atomic E-state index is 0.198. The van der Waals surface area contributed by atoms with E-state index < -0.39 is 5.82 Å². The number of amides is 1. The van der Waals surface area contributed by atoms with Gasteiger partial charge in [0.1, 0.15) is 5.82 Å². The van der Waals surface area contributed by atoms with Gasteiger partial charge in [0.15, 0.2) is 0 Å². The van der Waals surface area contributed by atoms with E-state index in [1.807, 2.05) is 0 Å². The van der Waals surface area contributed by atoms with Gasteiger partial charge in [-0.1, -0.05) is 6.92 Å². The lowest BCUT2D eigenvalue weighted by molar-refractivity contribution is 0.0949. The second-order valence-corrected chi connectivity index (χ2v) is 4.78. The molecule has 0 aliphatic heterocycles. The Labute approximate surface area is 96.0 Å². The summed E-state index contributed by atoms with van der Waals surface area (Å²) in [7, 11) is 0. The Morgan fingerprint density at radius 2 is 2.27 bits per heavy atom. The zero-order valence-electron chi connectivity index (χ0n) is 8.26. The molecule has 80 valence electrons. The standard InChI is InChI=1S/C11H11BrFNO/c1-6-4-10(6)14-11(15)7-2-3-8(12)9(13)5-7/h2-3,5-6,10H,4H2,1H3,(H,14,15). The van der Waals surface area contributed by atoms with Crippen LogP contribution in [0.25, 0.3) is 0 Å². The summed E-state index contributed by atoms with van der Waals surface area (Å²) in [6.07, 6.45) is 1.02. The highest BCUT2D eigenvalue weighted by molar-refractivity contribution is 9.10. The van der Waals surface area contributed by atoms with Crippen molar-refractivity contribution in [3.05, 3.63) is 34.1 Å². The first-order valence-electron chi connectivity index (χ1n) is 4.84. The van der Waals surface area contributed by atoms with Crippen molar-refractivity contribution in [2.45, 2.75) is 19.4 Å². The zero-order valence-corrected chi connectivity index (χ0v) is 9.84. The Morgan fingerprint density at radius 1 is 1.60 bits per heavy atom. The van der Waals surface area contributed by atoms with Crippen LogP contribution in [0.1, 0.15) is 23.7 Å². The number of hydrogen-bond donors (Lipinski definition) is 1. The van der Waals surface area contributed by atoms with E-state index in [4.69, 9.17) is 0 Å². The topological polar surface area (TPSA) is 29.1 Å². The van der Waals surface area contributed by atoms with E-state index in [0.29, 0.717) is 16.0 Å². The van der Waals surface area contributed by atoms with Crippen molar-refractivity contribution in [2.24, 2.45) is 5.92 Å². The van der Waals surface area contributed by atoms with Gasteiger partial charge in [0.05, 0.1) is 4.47 Å². The minimum Gasteiger partial charge on any atom is -0.349 e. The van der Waals surface area contributed by atoms with Crippen LogP contribution in [0.5, 0.6) is 0 Å². The molecule has 0 aromatic heterocycles. The molecule has 1 amide bonds. The average molecular weight is 272 g/mol.